The Morgan fingerprint density at radius 1 is 1.32 bits per heavy atom. The van der Waals surface area contributed by atoms with Crippen LogP contribution in [0, 0.1) is 16.7 Å². The van der Waals surface area contributed by atoms with E-state index >= 15 is 0 Å². The lowest BCUT2D eigenvalue weighted by molar-refractivity contribution is -0.212. The first kappa shape index (κ1) is 16.2. The minimum absolute atomic E-state index is 0.210. The summed E-state index contributed by atoms with van der Waals surface area (Å²) < 4.78 is 63.0. The minimum atomic E-state index is -4.44. The second kappa shape index (κ2) is 5.29. The molecule has 1 saturated carbocycles. The van der Waals surface area contributed by atoms with Crippen LogP contribution in [0.25, 0.3) is 0 Å². The molecule has 0 radical (unpaired) electrons. The highest BCUT2D eigenvalue weighted by Crippen LogP contribution is 2.41. The molecule has 110 valence electrons. The van der Waals surface area contributed by atoms with Crippen LogP contribution in [0.15, 0.2) is 0 Å². The molecule has 0 aliphatic heterocycles. The van der Waals surface area contributed by atoms with Gasteiger partial charge in [-0.15, -0.1) is 0 Å². The first-order valence-electron chi connectivity index (χ1n) is 5.94. The third-order valence-corrected chi connectivity index (χ3v) is 5.15. The van der Waals surface area contributed by atoms with Crippen molar-refractivity contribution < 1.29 is 21.6 Å². The predicted molar refractivity (Wildman–Crippen MR) is 63.6 cm³/mol. The van der Waals surface area contributed by atoms with Crippen molar-refractivity contribution >= 4 is 10.0 Å². The molecular formula is C11H17F3N2O2S. The zero-order chi connectivity index (χ0) is 14.9. The van der Waals surface area contributed by atoms with E-state index in [0.717, 1.165) is 18.2 Å². The summed E-state index contributed by atoms with van der Waals surface area (Å²) in [4.78, 5) is 0. The van der Waals surface area contributed by atoms with Crippen molar-refractivity contribution in [3.63, 3.8) is 0 Å². The number of alkyl halides is 3. The van der Waals surface area contributed by atoms with Crippen molar-refractivity contribution in [1.82, 2.24) is 4.31 Å². The Hall–Kier alpha value is -0.810. The van der Waals surface area contributed by atoms with Gasteiger partial charge >= 0.3 is 6.18 Å². The fraction of sp³-hybridized carbons (Fsp3) is 0.909. The van der Waals surface area contributed by atoms with Crippen molar-refractivity contribution in [3.05, 3.63) is 0 Å². The van der Waals surface area contributed by atoms with E-state index in [9.17, 15) is 21.6 Å². The van der Waals surface area contributed by atoms with Crippen LogP contribution in [-0.4, -0.2) is 37.2 Å². The van der Waals surface area contributed by atoms with Crippen molar-refractivity contribution in [2.24, 2.45) is 5.41 Å². The third kappa shape index (κ3) is 4.08. The van der Waals surface area contributed by atoms with Crippen LogP contribution in [-0.2, 0) is 10.0 Å². The molecule has 4 nitrogen and oxygen atoms in total. The molecule has 1 aliphatic carbocycles. The molecule has 19 heavy (non-hydrogen) atoms. The summed E-state index contributed by atoms with van der Waals surface area (Å²) >= 11 is 0. The quantitative estimate of drug-likeness (QED) is 0.707. The highest BCUT2D eigenvalue weighted by Gasteiger charge is 2.48. The molecule has 0 unspecified atom stereocenters. The molecular weight excluding hydrogens is 281 g/mol. The summed E-state index contributed by atoms with van der Waals surface area (Å²) in [6.45, 7) is 1.67. The van der Waals surface area contributed by atoms with Crippen LogP contribution in [0.2, 0.25) is 0 Å². The zero-order valence-corrected chi connectivity index (χ0v) is 11.7. The molecule has 0 aromatic carbocycles. The summed E-state index contributed by atoms with van der Waals surface area (Å²) in [5.74, 6) is -0.586. The number of hydrogen-bond donors (Lipinski definition) is 0. The van der Waals surface area contributed by atoms with Crippen molar-refractivity contribution in [2.45, 2.75) is 45.3 Å². The normalized spacial score (nSPS) is 17.5. The summed E-state index contributed by atoms with van der Waals surface area (Å²) in [7, 11) is -3.80. The maximum Gasteiger partial charge on any atom is 0.394 e. The molecule has 0 heterocycles. The van der Waals surface area contributed by atoms with Gasteiger partial charge in [-0.05, 0) is 19.3 Å². The molecule has 1 aliphatic rings. The molecule has 0 aromatic heterocycles. The smallest absolute Gasteiger partial charge is 0.212 e. The van der Waals surface area contributed by atoms with Gasteiger partial charge in [-0.25, -0.2) is 8.42 Å². The summed E-state index contributed by atoms with van der Waals surface area (Å²) in [6.07, 6.45) is -3.61. The van der Waals surface area contributed by atoms with E-state index in [1.165, 1.54) is 0 Å². The number of halogens is 3. The highest BCUT2D eigenvalue weighted by molar-refractivity contribution is 7.89. The Kier molecular flexibility index (Phi) is 4.52. The fourth-order valence-electron chi connectivity index (χ4n) is 1.53. The summed E-state index contributed by atoms with van der Waals surface area (Å²) in [5.41, 5.74) is -2.05. The monoisotopic (exact) mass is 298 g/mol. The Morgan fingerprint density at radius 2 is 1.84 bits per heavy atom. The van der Waals surface area contributed by atoms with Gasteiger partial charge in [0.15, 0.2) is 0 Å². The zero-order valence-electron chi connectivity index (χ0n) is 10.9. The van der Waals surface area contributed by atoms with E-state index in [4.69, 9.17) is 5.26 Å². The number of rotatable bonds is 6. The lowest BCUT2D eigenvalue weighted by Crippen LogP contribution is -2.39. The molecule has 0 atom stereocenters. The SMILES string of the molecule is CC(C)(CCS(=O)(=O)N(CC#N)C1CC1)C(F)(F)F. The van der Waals surface area contributed by atoms with E-state index in [0.29, 0.717) is 12.8 Å². The first-order chi connectivity index (χ1) is 8.51. The molecule has 0 amide bonds. The molecule has 0 saturated heterocycles. The molecule has 0 spiro atoms. The van der Waals surface area contributed by atoms with Crippen LogP contribution in [0.4, 0.5) is 13.2 Å². The van der Waals surface area contributed by atoms with E-state index in [2.05, 4.69) is 0 Å². The molecule has 1 rings (SSSR count). The average Bonchev–Trinajstić information content (AvgIpc) is 3.05. The number of nitrogens with zero attached hydrogens (tertiary/aromatic N) is 2. The number of nitriles is 1. The Labute approximate surface area is 111 Å². The fourth-order valence-corrected chi connectivity index (χ4v) is 3.45. The standard InChI is InChI=1S/C11H17F3N2O2S/c1-10(2,11(12,13)14)5-8-19(17,18)16(7-6-15)9-3-4-9/h9H,3-5,7-8H2,1-2H3. The molecule has 0 aromatic rings. The van der Waals surface area contributed by atoms with Gasteiger partial charge in [-0.3, -0.25) is 0 Å². The van der Waals surface area contributed by atoms with Gasteiger partial charge in [-0.1, -0.05) is 13.8 Å². The third-order valence-electron chi connectivity index (χ3n) is 3.29. The Bertz CT molecular complexity index is 461. The molecule has 0 N–H and O–H groups in total. The van der Waals surface area contributed by atoms with Crippen molar-refractivity contribution in [3.8, 4) is 6.07 Å². The van der Waals surface area contributed by atoms with Crippen LogP contribution in [0.1, 0.15) is 33.1 Å². The van der Waals surface area contributed by atoms with Gasteiger partial charge in [-0.2, -0.15) is 22.7 Å². The maximum absolute atomic E-state index is 12.7. The highest BCUT2D eigenvalue weighted by atomic mass is 32.2. The average molecular weight is 298 g/mol. The van der Waals surface area contributed by atoms with Crippen LogP contribution in [0.3, 0.4) is 0 Å². The Morgan fingerprint density at radius 3 is 2.21 bits per heavy atom. The van der Waals surface area contributed by atoms with E-state index < -0.39 is 33.8 Å². The second-order valence-electron chi connectivity index (χ2n) is 5.38. The van der Waals surface area contributed by atoms with E-state index in [1.807, 2.05) is 0 Å². The first-order valence-corrected chi connectivity index (χ1v) is 7.55. The van der Waals surface area contributed by atoms with E-state index in [-0.39, 0.29) is 12.6 Å². The predicted octanol–water partition coefficient (Wildman–Crippen LogP) is 2.28. The van der Waals surface area contributed by atoms with Crippen molar-refractivity contribution in [2.75, 3.05) is 12.3 Å². The molecule has 8 heteroatoms. The van der Waals surface area contributed by atoms with Gasteiger partial charge in [0, 0.05) is 6.04 Å². The summed E-state index contributed by atoms with van der Waals surface area (Å²) in [6, 6.07) is 1.54. The van der Waals surface area contributed by atoms with Crippen molar-refractivity contribution in [1.29, 1.82) is 5.26 Å². The summed E-state index contributed by atoms with van der Waals surface area (Å²) in [5, 5.41) is 8.60. The number of sulfonamides is 1. The van der Waals surface area contributed by atoms with Gasteiger partial charge in [0.1, 0.15) is 6.54 Å². The van der Waals surface area contributed by atoms with Crippen LogP contribution < -0.4 is 0 Å². The topological polar surface area (TPSA) is 61.2 Å². The van der Waals surface area contributed by atoms with E-state index in [1.54, 1.807) is 6.07 Å². The number of hydrogen-bond acceptors (Lipinski definition) is 3. The Balaban J connectivity index is 2.72. The van der Waals surface area contributed by atoms with Crippen LogP contribution in [0.5, 0.6) is 0 Å². The molecule has 1 fully saturated rings. The van der Waals surface area contributed by atoms with Gasteiger partial charge in [0.05, 0.1) is 17.2 Å². The largest absolute Gasteiger partial charge is 0.394 e. The van der Waals surface area contributed by atoms with Crippen LogP contribution >= 0.6 is 0 Å². The van der Waals surface area contributed by atoms with Gasteiger partial charge < -0.3 is 0 Å². The lowest BCUT2D eigenvalue weighted by atomic mass is 9.90. The second-order valence-corrected chi connectivity index (χ2v) is 7.42. The maximum atomic E-state index is 12.7. The van der Waals surface area contributed by atoms with Gasteiger partial charge in [0.2, 0.25) is 10.0 Å². The minimum Gasteiger partial charge on any atom is -0.212 e. The molecule has 0 bridgehead atoms. The van der Waals surface area contributed by atoms with Gasteiger partial charge in [0.25, 0.3) is 0 Å². The lowest BCUT2D eigenvalue weighted by Gasteiger charge is -2.28.